The molecule has 270 valence electrons. The number of hydrogen-bond acceptors (Lipinski definition) is 4. The van der Waals surface area contributed by atoms with Gasteiger partial charge in [-0.25, -0.2) is 15.0 Å². The van der Waals surface area contributed by atoms with Crippen molar-refractivity contribution < 1.29 is 4.74 Å². The average molecular weight is 740 g/mol. The van der Waals surface area contributed by atoms with Crippen LogP contribution >= 0.6 is 0 Å². The zero-order valence-electron chi connectivity index (χ0n) is 31.3. The predicted molar refractivity (Wildman–Crippen MR) is 234 cm³/mol. The lowest BCUT2D eigenvalue weighted by Crippen LogP contribution is -2.32. The van der Waals surface area contributed by atoms with E-state index in [2.05, 4.69) is 164 Å². The minimum absolute atomic E-state index is 0.631. The lowest BCUT2D eigenvalue weighted by Gasteiger charge is -2.39. The number of nitrogens with zero attached hydrogens (tertiary/aromatic N) is 3. The standard InChI is InChI=1S/C54H33N3O/c1-3-15-36(16-4-1)51-55-52(37-17-5-2-6-18-37)57-53(56-51)42-20-13-23-46-50(42)41-31-30-39(38-29-28-35-27-26-34-14-7-8-19-40(34)43(35)32-38)33-47(41)54(46)44-21-9-11-24-48(44)58-49-25-12-10-22-45(49)54/h1-33H. The van der Waals surface area contributed by atoms with E-state index in [0.717, 1.165) is 56.0 Å². The van der Waals surface area contributed by atoms with Gasteiger partial charge in [-0.2, -0.15) is 0 Å². The fourth-order valence-corrected chi connectivity index (χ4v) is 9.42. The van der Waals surface area contributed by atoms with Crippen molar-refractivity contribution in [1.82, 2.24) is 15.0 Å². The van der Waals surface area contributed by atoms with Crippen molar-refractivity contribution in [3.8, 4) is 67.9 Å². The summed E-state index contributed by atoms with van der Waals surface area (Å²) < 4.78 is 6.71. The largest absolute Gasteiger partial charge is 0.457 e. The molecule has 4 nitrogen and oxygen atoms in total. The van der Waals surface area contributed by atoms with Crippen molar-refractivity contribution in [1.29, 1.82) is 0 Å². The summed E-state index contributed by atoms with van der Waals surface area (Å²) in [5, 5.41) is 4.97. The van der Waals surface area contributed by atoms with Gasteiger partial charge in [0, 0.05) is 27.8 Å². The Labute approximate surface area is 335 Å². The van der Waals surface area contributed by atoms with Crippen molar-refractivity contribution in [3.05, 3.63) is 222 Å². The number of para-hydroxylation sites is 2. The van der Waals surface area contributed by atoms with Gasteiger partial charge in [0.15, 0.2) is 17.5 Å². The Hall–Kier alpha value is -7.69. The van der Waals surface area contributed by atoms with Gasteiger partial charge >= 0.3 is 0 Å². The molecule has 4 heteroatoms. The Morgan fingerprint density at radius 1 is 0.328 bits per heavy atom. The third-order valence-electron chi connectivity index (χ3n) is 12.0. The number of fused-ring (bicyclic) bond motifs is 12. The van der Waals surface area contributed by atoms with E-state index < -0.39 is 5.41 Å². The Morgan fingerprint density at radius 3 is 1.57 bits per heavy atom. The fraction of sp³-hybridized carbons (Fsp3) is 0.0185. The first-order valence-corrected chi connectivity index (χ1v) is 19.7. The average Bonchev–Trinajstić information content (AvgIpc) is 3.59. The Bertz CT molecular complexity index is 3160. The normalized spacial score (nSPS) is 13.1. The van der Waals surface area contributed by atoms with Gasteiger partial charge in [-0.3, -0.25) is 0 Å². The van der Waals surface area contributed by atoms with E-state index in [-0.39, 0.29) is 0 Å². The van der Waals surface area contributed by atoms with E-state index in [4.69, 9.17) is 19.7 Å². The second-order valence-corrected chi connectivity index (χ2v) is 15.1. The molecule has 0 amide bonds. The zero-order chi connectivity index (χ0) is 38.2. The highest BCUT2D eigenvalue weighted by Crippen LogP contribution is 2.63. The van der Waals surface area contributed by atoms with Crippen LogP contribution in [0.4, 0.5) is 0 Å². The van der Waals surface area contributed by atoms with Gasteiger partial charge in [-0.15, -0.1) is 0 Å². The number of hydrogen-bond donors (Lipinski definition) is 0. The minimum Gasteiger partial charge on any atom is -0.457 e. The molecule has 0 saturated carbocycles. The van der Waals surface area contributed by atoms with Crippen LogP contribution < -0.4 is 4.74 Å². The van der Waals surface area contributed by atoms with Crippen LogP contribution in [0.1, 0.15) is 22.3 Å². The fourth-order valence-electron chi connectivity index (χ4n) is 9.42. The second kappa shape index (κ2) is 12.7. The van der Waals surface area contributed by atoms with Crippen LogP contribution in [0.3, 0.4) is 0 Å². The van der Waals surface area contributed by atoms with Gasteiger partial charge < -0.3 is 4.74 Å². The summed E-state index contributed by atoms with van der Waals surface area (Å²) in [6.07, 6.45) is 0. The quantitative estimate of drug-likeness (QED) is 0.169. The molecule has 0 saturated heterocycles. The van der Waals surface area contributed by atoms with E-state index in [1.165, 1.54) is 38.2 Å². The number of benzene rings is 9. The molecular formula is C54H33N3O. The first-order valence-electron chi connectivity index (χ1n) is 19.7. The topological polar surface area (TPSA) is 47.9 Å². The molecule has 2 aliphatic rings. The maximum atomic E-state index is 6.71. The van der Waals surface area contributed by atoms with Crippen molar-refractivity contribution in [2.75, 3.05) is 0 Å². The number of rotatable bonds is 4. The van der Waals surface area contributed by atoms with Crippen molar-refractivity contribution in [2.45, 2.75) is 5.41 Å². The highest BCUT2D eigenvalue weighted by atomic mass is 16.5. The van der Waals surface area contributed by atoms with Crippen LogP contribution in [0.25, 0.3) is 78.0 Å². The summed E-state index contributed by atoms with van der Waals surface area (Å²) in [4.78, 5) is 15.5. The van der Waals surface area contributed by atoms with Gasteiger partial charge in [-0.05, 0) is 79.2 Å². The van der Waals surface area contributed by atoms with Gasteiger partial charge in [0.1, 0.15) is 11.5 Å². The Morgan fingerprint density at radius 2 is 0.862 bits per heavy atom. The highest BCUT2D eigenvalue weighted by molar-refractivity contribution is 6.09. The molecule has 1 spiro atoms. The Kier molecular flexibility index (Phi) is 7.11. The maximum absolute atomic E-state index is 6.71. The molecule has 0 atom stereocenters. The van der Waals surface area contributed by atoms with Gasteiger partial charge in [0.25, 0.3) is 0 Å². The van der Waals surface area contributed by atoms with E-state index >= 15 is 0 Å². The van der Waals surface area contributed by atoms with Crippen LogP contribution in [-0.2, 0) is 5.41 Å². The smallest absolute Gasteiger partial charge is 0.164 e. The highest BCUT2D eigenvalue weighted by Gasteiger charge is 2.52. The van der Waals surface area contributed by atoms with Crippen LogP contribution in [0.5, 0.6) is 11.5 Å². The maximum Gasteiger partial charge on any atom is 0.164 e. The van der Waals surface area contributed by atoms with E-state index in [9.17, 15) is 0 Å². The summed E-state index contributed by atoms with van der Waals surface area (Å²) in [5.74, 6) is 3.61. The molecule has 0 radical (unpaired) electrons. The second-order valence-electron chi connectivity index (χ2n) is 15.1. The molecule has 2 heterocycles. The third-order valence-corrected chi connectivity index (χ3v) is 12.0. The number of aromatic nitrogens is 3. The van der Waals surface area contributed by atoms with Crippen LogP contribution in [-0.4, -0.2) is 15.0 Å². The molecule has 12 rings (SSSR count). The molecular weight excluding hydrogens is 707 g/mol. The predicted octanol–water partition coefficient (Wildman–Crippen LogP) is 13.3. The van der Waals surface area contributed by atoms with E-state index in [1.807, 2.05) is 36.4 Å². The molecule has 1 aliphatic carbocycles. The summed E-state index contributed by atoms with van der Waals surface area (Å²) in [6.45, 7) is 0. The van der Waals surface area contributed by atoms with Crippen LogP contribution in [0, 0.1) is 0 Å². The lowest BCUT2D eigenvalue weighted by atomic mass is 9.66. The Balaban J connectivity index is 1.16. The molecule has 0 N–H and O–H groups in total. The minimum atomic E-state index is -0.677. The molecule has 10 aromatic rings. The molecule has 9 aromatic carbocycles. The summed E-state index contributed by atoms with van der Waals surface area (Å²) in [6, 6.07) is 70.9. The van der Waals surface area contributed by atoms with Gasteiger partial charge in [0.05, 0.1) is 5.41 Å². The van der Waals surface area contributed by atoms with E-state index in [0.29, 0.717) is 17.5 Å². The number of ether oxygens (including phenoxy) is 1. The molecule has 0 bridgehead atoms. The van der Waals surface area contributed by atoms with E-state index in [1.54, 1.807) is 0 Å². The molecule has 0 unspecified atom stereocenters. The first kappa shape index (κ1) is 32.5. The summed E-state index contributed by atoms with van der Waals surface area (Å²) >= 11 is 0. The molecule has 1 aromatic heterocycles. The van der Waals surface area contributed by atoms with Gasteiger partial charge in [-0.1, -0.05) is 176 Å². The monoisotopic (exact) mass is 739 g/mol. The third kappa shape index (κ3) is 4.79. The SMILES string of the molecule is c1ccc(-c2nc(-c3ccccc3)nc(-c3cccc4c3-c3ccc(-c5ccc6ccc7ccccc7c6c5)cc3C43c4ccccc4Oc4ccccc43)n2)cc1. The summed E-state index contributed by atoms with van der Waals surface area (Å²) in [7, 11) is 0. The van der Waals surface area contributed by atoms with Crippen molar-refractivity contribution >= 4 is 21.5 Å². The van der Waals surface area contributed by atoms with Crippen LogP contribution in [0.2, 0.25) is 0 Å². The van der Waals surface area contributed by atoms with Crippen molar-refractivity contribution in [3.63, 3.8) is 0 Å². The molecule has 0 fully saturated rings. The summed E-state index contributed by atoms with van der Waals surface area (Å²) in [5.41, 5.74) is 11.3. The lowest BCUT2D eigenvalue weighted by molar-refractivity contribution is 0.436. The van der Waals surface area contributed by atoms with Crippen LogP contribution in [0.15, 0.2) is 200 Å². The van der Waals surface area contributed by atoms with Crippen molar-refractivity contribution in [2.24, 2.45) is 0 Å². The molecule has 58 heavy (non-hydrogen) atoms. The molecule has 1 aliphatic heterocycles. The zero-order valence-corrected chi connectivity index (χ0v) is 31.3. The van der Waals surface area contributed by atoms with Gasteiger partial charge in [0.2, 0.25) is 0 Å². The first-order chi connectivity index (χ1) is 28.7.